The van der Waals surface area contributed by atoms with Crippen molar-refractivity contribution in [3.05, 3.63) is 106 Å². The van der Waals surface area contributed by atoms with Gasteiger partial charge < -0.3 is 16.2 Å². The molecule has 0 aromatic heterocycles. The molecule has 12 nitrogen and oxygen atoms in total. The Kier molecular flexibility index (Phi) is 11.3. The van der Waals surface area contributed by atoms with Crippen molar-refractivity contribution in [1.29, 1.82) is 0 Å². The van der Waals surface area contributed by atoms with Crippen LogP contribution in [0.4, 0.5) is 0 Å². The molecule has 0 aliphatic rings. The highest BCUT2D eigenvalue weighted by molar-refractivity contribution is 7.89. The number of hydrogen-bond donors (Lipinski definition) is 4. The minimum Gasteiger partial charge on any atom is -0.465 e. The number of sulfonamides is 2. The molecule has 14 heteroatoms. The van der Waals surface area contributed by atoms with E-state index in [2.05, 4.69) is 21.6 Å². The van der Waals surface area contributed by atoms with E-state index < -0.39 is 37.9 Å². The van der Waals surface area contributed by atoms with Crippen molar-refractivity contribution in [3.63, 3.8) is 0 Å². The van der Waals surface area contributed by atoms with Gasteiger partial charge in [-0.25, -0.2) is 31.9 Å². The van der Waals surface area contributed by atoms with E-state index in [0.717, 1.165) is 23.3 Å². The summed E-state index contributed by atoms with van der Waals surface area (Å²) in [4.78, 5) is 26.9. The van der Waals surface area contributed by atoms with Crippen LogP contribution in [-0.2, 0) is 24.8 Å². The number of nitrogens with zero attached hydrogens (tertiary/aromatic N) is 1. The number of guanidine groups is 1. The maximum Gasteiger partial charge on any atom is 0.339 e. The summed E-state index contributed by atoms with van der Waals surface area (Å²) < 4.78 is 52.5. The number of benzene rings is 4. The van der Waals surface area contributed by atoms with Gasteiger partial charge in [-0.05, 0) is 49.2 Å². The molecule has 0 radical (unpaired) electrons. The van der Waals surface area contributed by atoms with Crippen LogP contribution in [0.5, 0.6) is 0 Å². The van der Waals surface area contributed by atoms with Crippen molar-refractivity contribution >= 4 is 37.9 Å². The molecule has 0 bridgehead atoms. The second kappa shape index (κ2) is 14.8. The molecule has 4 rings (SSSR count). The molecule has 0 fully saturated rings. The molecule has 4 aromatic rings. The number of methoxy groups -OCH3 is 1. The van der Waals surface area contributed by atoms with Crippen LogP contribution in [0.15, 0.2) is 87.6 Å². The second-order valence-electron chi connectivity index (χ2n) is 10.2. The molecule has 0 heterocycles. The van der Waals surface area contributed by atoms with Gasteiger partial charge in [-0.2, -0.15) is 4.99 Å². The average Bonchev–Trinajstić information content (AvgIpc) is 3.03. The molecule has 246 valence electrons. The Morgan fingerprint density at radius 2 is 1.06 bits per heavy atom. The molecule has 0 saturated carbocycles. The fourth-order valence-electron chi connectivity index (χ4n) is 4.42. The molecular formula is C34H31N5O7S2. The van der Waals surface area contributed by atoms with Crippen LogP contribution in [0.3, 0.4) is 0 Å². The van der Waals surface area contributed by atoms with E-state index in [0.29, 0.717) is 16.7 Å². The lowest BCUT2D eigenvalue weighted by Gasteiger charge is -2.12. The minimum atomic E-state index is -4.13. The fourth-order valence-corrected chi connectivity index (χ4v) is 5.95. The maximum atomic E-state index is 12.1. The predicted molar refractivity (Wildman–Crippen MR) is 183 cm³/mol. The summed E-state index contributed by atoms with van der Waals surface area (Å²) >= 11 is 0. The van der Waals surface area contributed by atoms with Crippen molar-refractivity contribution in [3.8, 4) is 46.9 Å². The number of terminal acetylenes is 2. The van der Waals surface area contributed by atoms with Gasteiger partial charge in [0.15, 0.2) is 5.96 Å². The highest BCUT2D eigenvalue weighted by Crippen LogP contribution is 2.32. The molecule has 0 aliphatic heterocycles. The summed E-state index contributed by atoms with van der Waals surface area (Å²) in [5.41, 5.74) is 14.5. The number of rotatable bonds is 6. The Morgan fingerprint density at radius 3 is 1.40 bits per heavy atom. The second-order valence-corrected chi connectivity index (χ2v) is 13.3. The quantitative estimate of drug-likeness (QED) is 0.101. The summed E-state index contributed by atoms with van der Waals surface area (Å²) in [7, 11) is -7.00. The molecule has 1 amide bonds. The summed E-state index contributed by atoms with van der Waals surface area (Å²) in [6.07, 6.45) is 10.9. The zero-order valence-corrected chi connectivity index (χ0v) is 27.6. The number of ether oxygens (including phenoxy) is 1. The van der Waals surface area contributed by atoms with Crippen molar-refractivity contribution < 1.29 is 31.2 Å². The number of amides is 1. The molecule has 0 spiro atoms. The van der Waals surface area contributed by atoms with Crippen molar-refractivity contribution in [2.45, 2.75) is 23.6 Å². The Morgan fingerprint density at radius 1 is 0.688 bits per heavy atom. The van der Waals surface area contributed by atoms with Crippen LogP contribution in [0.1, 0.15) is 43.0 Å². The third-order valence-electron chi connectivity index (χ3n) is 6.76. The number of carbonyl (C=O) groups excluding carboxylic acids is 2. The number of esters is 1. The van der Waals surface area contributed by atoms with E-state index >= 15 is 0 Å². The lowest BCUT2D eigenvalue weighted by molar-refractivity contribution is 0.0600. The summed E-state index contributed by atoms with van der Waals surface area (Å²) in [6, 6.07) is 19.4. The van der Waals surface area contributed by atoms with Crippen LogP contribution < -0.4 is 21.7 Å². The van der Waals surface area contributed by atoms with Gasteiger partial charge in [0.05, 0.1) is 28.0 Å². The van der Waals surface area contributed by atoms with Gasteiger partial charge in [-0.3, -0.25) is 4.79 Å². The topological polar surface area (TPSA) is 228 Å². The van der Waals surface area contributed by atoms with Crippen molar-refractivity contribution in [1.82, 2.24) is 0 Å². The standard InChI is InChI=1S/C17H16N4O3S.C17H15NO4S/c1-3-11-8-13(12-6-4-10(2)5-7-12)15(25(20,23)24)9-14(11)16(22)21-17(18)19;1-4-12-9-14(13-7-5-11(2)6-8-13)16(23(18,20)21)10-15(12)17(19)22-3/h1,4-9H,2H3,(H2,20,23,24)(H4,18,19,21,22);1,5-10H,2-3H3,(H2,18,20,21). The Balaban J connectivity index is 0.000000261. The number of primary sulfonamides is 2. The number of nitrogens with two attached hydrogens (primary N) is 4. The van der Waals surface area contributed by atoms with Gasteiger partial charge >= 0.3 is 5.97 Å². The van der Waals surface area contributed by atoms with Gasteiger partial charge in [-0.15, -0.1) is 12.8 Å². The van der Waals surface area contributed by atoms with Crippen LogP contribution in [-0.4, -0.2) is 41.8 Å². The lowest BCUT2D eigenvalue weighted by atomic mass is 9.98. The first kappa shape index (κ1) is 36.7. The van der Waals surface area contributed by atoms with E-state index in [9.17, 15) is 26.4 Å². The smallest absolute Gasteiger partial charge is 0.339 e. The molecule has 48 heavy (non-hydrogen) atoms. The zero-order valence-electron chi connectivity index (χ0n) is 26.0. The predicted octanol–water partition coefficient (Wildman–Crippen LogP) is 2.78. The van der Waals surface area contributed by atoms with Gasteiger partial charge in [0.2, 0.25) is 20.0 Å². The van der Waals surface area contributed by atoms with Crippen LogP contribution in [0.2, 0.25) is 0 Å². The van der Waals surface area contributed by atoms with Gasteiger partial charge in [-0.1, -0.05) is 71.5 Å². The van der Waals surface area contributed by atoms with Crippen molar-refractivity contribution in [2.75, 3.05) is 7.11 Å². The van der Waals surface area contributed by atoms with E-state index in [1.807, 2.05) is 38.1 Å². The van der Waals surface area contributed by atoms with Gasteiger partial charge in [0.1, 0.15) is 0 Å². The third kappa shape index (κ3) is 8.73. The third-order valence-corrected chi connectivity index (χ3v) is 8.66. The Hall–Kier alpha value is -5.77. The fraction of sp³-hybridized carbons (Fsp3) is 0.0882. The highest BCUT2D eigenvalue weighted by atomic mass is 32.2. The lowest BCUT2D eigenvalue weighted by Crippen LogP contribution is -2.24. The monoisotopic (exact) mass is 685 g/mol. The van der Waals surface area contributed by atoms with E-state index in [1.165, 1.54) is 19.2 Å². The largest absolute Gasteiger partial charge is 0.465 e. The number of aliphatic imine (C=N–C) groups is 1. The van der Waals surface area contributed by atoms with Crippen LogP contribution in [0.25, 0.3) is 22.3 Å². The zero-order chi connectivity index (χ0) is 36.0. The van der Waals surface area contributed by atoms with Gasteiger partial charge in [0.25, 0.3) is 5.91 Å². The maximum absolute atomic E-state index is 12.1. The number of hydrogen-bond acceptors (Lipinski definition) is 7. The van der Waals surface area contributed by atoms with E-state index in [4.69, 9.17) is 34.6 Å². The molecule has 0 aliphatic carbocycles. The van der Waals surface area contributed by atoms with Crippen LogP contribution in [0, 0.1) is 38.5 Å². The molecule has 0 atom stereocenters. The number of aryl methyl sites for hydroxylation is 2. The highest BCUT2D eigenvalue weighted by Gasteiger charge is 2.23. The molecule has 8 N–H and O–H groups in total. The first-order valence-corrected chi connectivity index (χ1v) is 16.7. The van der Waals surface area contributed by atoms with E-state index in [-0.39, 0.29) is 37.6 Å². The Labute approximate surface area is 278 Å². The Bertz CT molecular complexity index is 2240. The molecule has 0 saturated heterocycles. The van der Waals surface area contributed by atoms with Crippen molar-refractivity contribution in [2.24, 2.45) is 26.7 Å². The number of carbonyl (C=O) groups is 2. The first-order valence-electron chi connectivity index (χ1n) is 13.6. The average molecular weight is 686 g/mol. The molecule has 0 unspecified atom stereocenters. The summed E-state index contributed by atoms with van der Waals surface area (Å²) in [6.45, 7) is 3.81. The first-order chi connectivity index (χ1) is 22.4. The van der Waals surface area contributed by atoms with Crippen LogP contribution >= 0.6 is 0 Å². The SMILES string of the molecule is C#Cc1cc(-c2ccc(C)cc2)c(S(N)(=O)=O)cc1C(=O)N=C(N)N.C#Cc1cc(-c2ccc(C)cc2)c(S(N)(=O)=O)cc1C(=O)OC. The van der Waals surface area contributed by atoms with E-state index in [1.54, 1.807) is 24.3 Å². The minimum absolute atomic E-state index is 0.0186. The molecular weight excluding hydrogens is 655 g/mol. The normalized spacial score (nSPS) is 10.8. The summed E-state index contributed by atoms with van der Waals surface area (Å²) in [5, 5.41) is 10.6. The molecule has 4 aromatic carbocycles. The summed E-state index contributed by atoms with van der Waals surface area (Å²) in [5.74, 6) is 2.67. The van der Waals surface area contributed by atoms with Gasteiger partial charge in [0, 0.05) is 22.3 Å².